The van der Waals surface area contributed by atoms with Gasteiger partial charge in [0.15, 0.2) is 0 Å². The van der Waals surface area contributed by atoms with Crippen LogP contribution >= 0.6 is 0 Å². The monoisotopic (exact) mass is 232 g/mol. The number of hydrogen-bond acceptors (Lipinski definition) is 3. The standard InChI is InChI=1S/C11H20O3S/c1-2-15(13,14)9-5-8-11(12)10-6-3-4-7-10/h10H,2-9H2,1H3. The van der Waals surface area contributed by atoms with Crippen LogP contribution in [0, 0.1) is 5.92 Å². The molecule has 1 fully saturated rings. The van der Waals surface area contributed by atoms with Crippen LogP contribution in [0.5, 0.6) is 0 Å². The zero-order valence-electron chi connectivity index (χ0n) is 9.37. The number of hydrogen-bond donors (Lipinski definition) is 0. The average molecular weight is 232 g/mol. The van der Waals surface area contributed by atoms with Crippen molar-refractivity contribution in [2.24, 2.45) is 5.92 Å². The van der Waals surface area contributed by atoms with Crippen LogP contribution in [0.1, 0.15) is 45.4 Å². The van der Waals surface area contributed by atoms with Crippen LogP contribution in [0.2, 0.25) is 0 Å². The molecule has 0 aromatic heterocycles. The summed E-state index contributed by atoms with van der Waals surface area (Å²) in [5.74, 6) is 0.861. The second kappa shape index (κ2) is 5.64. The third-order valence-corrected chi connectivity index (χ3v) is 4.92. The van der Waals surface area contributed by atoms with Gasteiger partial charge in [-0.05, 0) is 19.3 Å². The third kappa shape index (κ3) is 4.33. The van der Waals surface area contributed by atoms with Gasteiger partial charge in [0, 0.05) is 18.1 Å². The molecule has 1 aliphatic rings. The molecule has 0 aromatic carbocycles. The number of carbonyl (C=O) groups is 1. The Hall–Kier alpha value is -0.380. The first-order chi connectivity index (χ1) is 7.05. The van der Waals surface area contributed by atoms with Crippen LogP contribution in [-0.2, 0) is 14.6 Å². The zero-order valence-corrected chi connectivity index (χ0v) is 10.2. The molecule has 88 valence electrons. The van der Waals surface area contributed by atoms with Gasteiger partial charge in [0.05, 0.1) is 5.75 Å². The maximum Gasteiger partial charge on any atom is 0.150 e. The van der Waals surface area contributed by atoms with Gasteiger partial charge >= 0.3 is 0 Å². The molecule has 0 bridgehead atoms. The smallest absolute Gasteiger partial charge is 0.150 e. The number of Topliss-reactive ketones (excluding diaryl/α,β-unsaturated/α-hetero) is 1. The predicted octanol–water partition coefficient (Wildman–Crippen LogP) is 1.96. The molecule has 0 atom stereocenters. The van der Waals surface area contributed by atoms with Gasteiger partial charge in [-0.3, -0.25) is 4.79 Å². The Bertz CT molecular complexity index is 300. The van der Waals surface area contributed by atoms with Crippen LogP contribution in [0.3, 0.4) is 0 Å². The lowest BCUT2D eigenvalue weighted by atomic mass is 9.99. The molecule has 0 amide bonds. The summed E-state index contributed by atoms with van der Waals surface area (Å²) in [6, 6.07) is 0. The van der Waals surface area contributed by atoms with E-state index in [0.29, 0.717) is 12.8 Å². The van der Waals surface area contributed by atoms with Gasteiger partial charge < -0.3 is 0 Å². The quantitative estimate of drug-likeness (QED) is 0.703. The average Bonchev–Trinajstić information content (AvgIpc) is 2.70. The molecule has 15 heavy (non-hydrogen) atoms. The van der Waals surface area contributed by atoms with Gasteiger partial charge in [0.1, 0.15) is 15.6 Å². The predicted molar refractivity (Wildman–Crippen MR) is 60.5 cm³/mol. The summed E-state index contributed by atoms with van der Waals surface area (Å²) in [6.45, 7) is 1.65. The van der Waals surface area contributed by atoms with E-state index in [9.17, 15) is 13.2 Å². The number of carbonyl (C=O) groups excluding carboxylic acids is 1. The SMILES string of the molecule is CCS(=O)(=O)CCCC(=O)C1CCCC1. The number of sulfone groups is 1. The molecule has 3 nitrogen and oxygen atoms in total. The van der Waals surface area contributed by atoms with Crippen LogP contribution in [-0.4, -0.2) is 25.7 Å². The van der Waals surface area contributed by atoms with Crippen molar-refractivity contribution in [1.29, 1.82) is 0 Å². The molecule has 0 aromatic rings. The lowest BCUT2D eigenvalue weighted by Crippen LogP contribution is -2.14. The van der Waals surface area contributed by atoms with Crippen molar-refractivity contribution in [3.63, 3.8) is 0 Å². The second-order valence-corrected chi connectivity index (χ2v) is 6.76. The van der Waals surface area contributed by atoms with Crippen LogP contribution in [0.15, 0.2) is 0 Å². The van der Waals surface area contributed by atoms with E-state index < -0.39 is 9.84 Å². The Labute approximate surface area is 92.2 Å². The van der Waals surface area contributed by atoms with Gasteiger partial charge in [-0.2, -0.15) is 0 Å². The largest absolute Gasteiger partial charge is 0.299 e. The summed E-state index contributed by atoms with van der Waals surface area (Å²) in [7, 11) is -2.89. The van der Waals surface area contributed by atoms with Crippen molar-refractivity contribution in [3.8, 4) is 0 Å². The highest BCUT2D eigenvalue weighted by Crippen LogP contribution is 2.26. The van der Waals surface area contributed by atoms with Crippen molar-refractivity contribution in [2.75, 3.05) is 11.5 Å². The molecule has 0 radical (unpaired) electrons. The first kappa shape index (κ1) is 12.7. The molecule has 0 unspecified atom stereocenters. The Morgan fingerprint density at radius 2 is 1.87 bits per heavy atom. The van der Waals surface area contributed by atoms with Crippen molar-refractivity contribution < 1.29 is 13.2 Å². The van der Waals surface area contributed by atoms with Crippen molar-refractivity contribution in [3.05, 3.63) is 0 Å². The first-order valence-electron chi connectivity index (χ1n) is 5.78. The second-order valence-electron chi connectivity index (χ2n) is 4.29. The molecule has 0 aliphatic heterocycles. The first-order valence-corrected chi connectivity index (χ1v) is 7.60. The minimum Gasteiger partial charge on any atom is -0.299 e. The van der Waals surface area contributed by atoms with E-state index in [2.05, 4.69) is 0 Å². The molecule has 1 aliphatic carbocycles. The third-order valence-electron chi connectivity index (χ3n) is 3.13. The van der Waals surface area contributed by atoms with Crippen molar-refractivity contribution in [2.45, 2.75) is 45.4 Å². The van der Waals surface area contributed by atoms with E-state index in [1.54, 1.807) is 6.92 Å². The van der Waals surface area contributed by atoms with Gasteiger partial charge in [0.25, 0.3) is 0 Å². The Balaban J connectivity index is 2.22. The molecular formula is C11H20O3S. The maximum atomic E-state index is 11.6. The molecule has 0 saturated heterocycles. The Morgan fingerprint density at radius 3 is 2.40 bits per heavy atom. The van der Waals surface area contributed by atoms with E-state index in [-0.39, 0.29) is 23.2 Å². The highest BCUT2D eigenvalue weighted by molar-refractivity contribution is 7.91. The summed E-state index contributed by atoms with van der Waals surface area (Å²) in [6.07, 6.45) is 5.29. The van der Waals surface area contributed by atoms with E-state index in [1.165, 1.54) is 0 Å². The fourth-order valence-electron chi connectivity index (χ4n) is 2.06. The van der Waals surface area contributed by atoms with Gasteiger partial charge in [-0.15, -0.1) is 0 Å². The lowest BCUT2D eigenvalue weighted by molar-refractivity contribution is -0.122. The molecule has 1 rings (SSSR count). The molecule has 0 heterocycles. The molecule has 0 N–H and O–H groups in total. The van der Waals surface area contributed by atoms with Crippen molar-refractivity contribution >= 4 is 15.6 Å². The fourth-order valence-corrected chi connectivity index (χ4v) is 2.94. The van der Waals surface area contributed by atoms with Gasteiger partial charge in [-0.25, -0.2) is 8.42 Å². The maximum absolute atomic E-state index is 11.6. The van der Waals surface area contributed by atoms with Gasteiger partial charge in [0.2, 0.25) is 0 Å². The van der Waals surface area contributed by atoms with Crippen LogP contribution in [0.4, 0.5) is 0 Å². The molecule has 4 heteroatoms. The van der Waals surface area contributed by atoms with Crippen molar-refractivity contribution in [1.82, 2.24) is 0 Å². The minimum absolute atomic E-state index is 0.169. The summed E-state index contributed by atoms with van der Waals surface area (Å²) >= 11 is 0. The summed E-state index contributed by atoms with van der Waals surface area (Å²) < 4.78 is 22.4. The van der Waals surface area contributed by atoms with Gasteiger partial charge in [-0.1, -0.05) is 19.8 Å². The summed E-state index contributed by atoms with van der Waals surface area (Å²) in [5.41, 5.74) is 0. The number of ketones is 1. The highest BCUT2D eigenvalue weighted by atomic mass is 32.2. The Morgan fingerprint density at radius 1 is 1.27 bits per heavy atom. The van der Waals surface area contributed by atoms with E-state index in [0.717, 1.165) is 25.7 Å². The summed E-state index contributed by atoms with van der Waals surface area (Å²) in [5, 5.41) is 0. The Kier molecular flexibility index (Phi) is 4.77. The molecule has 0 spiro atoms. The van der Waals surface area contributed by atoms with E-state index in [4.69, 9.17) is 0 Å². The lowest BCUT2D eigenvalue weighted by Gasteiger charge is -2.07. The number of rotatable bonds is 6. The highest BCUT2D eigenvalue weighted by Gasteiger charge is 2.22. The minimum atomic E-state index is -2.89. The topological polar surface area (TPSA) is 51.2 Å². The van der Waals surface area contributed by atoms with E-state index >= 15 is 0 Å². The summed E-state index contributed by atoms with van der Waals surface area (Å²) in [4.78, 5) is 11.6. The molecule has 1 saturated carbocycles. The normalized spacial score (nSPS) is 18.2. The fraction of sp³-hybridized carbons (Fsp3) is 0.909. The van der Waals surface area contributed by atoms with Crippen LogP contribution in [0.25, 0.3) is 0 Å². The van der Waals surface area contributed by atoms with E-state index in [1.807, 2.05) is 0 Å². The molecular weight excluding hydrogens is 212 g/mol. The zero-order chi connectivity index (χ0) is 11.3. The van der Waals surface area contributed by atoms with Crippen LogP contribution < -0.4 is 0 Å².